The van der Waals surface area contributed by atoms with Crippen LogP contribution in [0.2, 0.25) is 5.02 Å². The average molecular weight is 273 g/mol. The molecule has 0 atom stereocenters. The Morgan fingerprint density at radius 3 is 2.78 bits per heavy atom. The van der Waals surface area contributed by atoms with E-state index in [0.717, 1.165) is 0 Å². The lowest BCUT2D eigenvalue weighted by molar-refractivity contribution is -0.120. The Balaban J connectivity index is 2.68. The third kappa shape index (κ3) is 4.33. The molecule has 1 rings (SSSR count). The van der Waals surface area contributed by atoms with Crippen molar-refractivity contribution in [1.29, 1.82) is 0 Å². The summed E-state index contributed by atoms with van der Waals surface area (Å²) in [5, 5.41) is 11.5. The first-order chi connectivity index (χ1) is 8.54. The van der Waals surface area contributed by atoms with Gasteiger partial charge in [-0.2, -0.15) is 0 Å². The van der Waals surface area contributed by atoms with Crippen molar-refractivity contribution in [3.05, 3.63) is 28.8 Å². The van der Waals surface area contributed by atoms with Gasteiger partial charge in [0.1, 0.15) is 6.61 Å². The molecule has 0 aliphatic rings. The van der Waals surface area contributed by atoms with E-state index >= 15 is 0 Å². The Morgan fingerprint density at radius 2 is 2.17 bits per heavy atom. The van der Waals surface area contributed by atoms with E-state index < -0.39 is 11.9 Å². The smallest absolute Gasteiger partial charge is 0.335 e. The number of ether oxygens (including phenoxy) is 1. The lowest BCUT2D eigenvalue weighted by Gasteiger charge is -2.08. The first-order valence-corrected chi connectivity index (χ1v) is 5.53. The standard InChI is InChI=1S/C11H13ClN2O4/c12-8-2-1-7(11(16)17)5-9(8)14-10(15)6-18-4-3-13/h1-2,5H,3-4,6,13H2,(H,14,15)(H,16,17). The average Bonchev–Trinajstić information content (AvgIpc) is 2.32. The van der Waals surface area contributed by atoms with E-state index in [1.54, 1.807) is 0 Å². The van der Waals surface area contributed by atoms with Gasteiger partial charge in [-0.05, 0) is 18.2 Å². The van der Waals surface area contributed by atoms with Crippen molar-refractivity contribution in [3.63, 3.8) is 0 Å². The molecule has 0 fully saturated rings. The zero-order chi connectivity index (χ0) is 13.5. The number of nitrogens with one attached hydrogen (secondary N) is 1. The molecule has 4 N–H and O–H groups in total. The van der Waals surface area contributed by atoms with Gasteiger partial charge in [-0.25, -0.2) is 4.79 Å². The van der Waals surface area contributed by atoms with Gasteiger partial charge in [0.2, 0.25) is 5.91 Å². The Morgan fingerprint density at radius 1 is 1.44 bits per heavy atom. The lowest BCUT2D eigenvalue weighted by atomic mass is 10.2. The topological polar surface area (TPSA) is 102 Å². The van der Waals surface area contributed by atoms with Crippen LogP contribution in [0, 0.1) is 0 Å². The van der Waals surface area contributed by atoms with E-state index in [4.69, 9.17) is 27.2 Å². The molecule has 0 saturated carbocycles. The number of aromatic carboxylic acids is 1. The van der Waals surface area contributed by atoms with Gasteiger partial charge in [0.15, 0.2) is 0 Å². The Labute approximate surface area is 109 Å². The highest BCUT2D eigenvalue weighted by atomic mass is 35.5. The van der Waals surface area contributed by atoms with Crippen molar-refractivity contribution in [2.75, 3.05) is 25.1 Å². The van der Waals surface area contributed by atoms with Gasteiger partial charge in [-0.1, -0.05) is 11.6 Å². The summed E-state index contributed by atoms with van der Waals surface area (Å²) < 4.78 is 4.94. The van der Waals surface area contributed by atoms with Crippen LogP contribution in [0.4, 0.5) is 5.69 Å². The van der Waals surface area contributed by atoms with E-state index in [1.807, 2.05) is 0 Å². The zero-order valence-electron chi connectivity index (χ0n) is 9.48. The SMILES string of the molecule is NCCOCC(=O)Nc1cc(C(=O)O)ccc1Cl. The maximum absolute atomic E-state index is 11.4. The highest BCUT2D eigenvalue weighted by molar-refractivity contribution is 6.33. The number of rotatable bonds is 6. The van der Waals surface area contributed by atoms with Crippen molar-refractivity contribution < 1.29 is 19.4 Å². The van der Waals surface area contributed by atoms with E-state index in [9.17, 15) is 9.59 Å². The number of hydrogen-bond acceptors (Lipinski definition) is 4. The van der Waals surface area contributed by atoms with E-state index in [-0.39, 0.29) is 29.5 Å². The molecule has 0 saturated heterocycles. The number of nitrogens with two attached hydrogens (primary N) is 1. The van der Waals surface area contributed by atoms with Gasteiger partial charge in [-0.3, -0.25) is 4.79 Å². The molecule has 1 amide bonds. The van der Waals surface area contributed by atoms with Crippen LogP contribution in [0.25, 0.3) is 0 Å². The van der Waals surface area contributed by atoms with Crippen LogP contribution < -0.4 is 11.1 Å². The van der Waals surface area contributed by atoms with Crippen molar-refractivity contribution >= 4 is 29.2 Å². The number of anilines is 1. The molecule has 7 heteroatoms. The monoisotopic (exact) mass is 272 g/mol. The summed E-state index contributed by atoms with van der Waals surface area (Å²) in [5.41, 5.74) is 5.48. The zero-order valence-corrected chi connectivity index (χ0v) is 10.2. The summed E-state index contributed by atoms with van der Waals surface area (Å²) in [6, 6.07) is 4.04. The number of carboxylic acids is 1. The van der Waals surface area contributed by atoms with Crippen LogP contribution in [0.5, 0.6) is 0 Å². The van der Waals surface area contributed by atoms with Crippen LogP contribution in [-0.2, 0) is 9.53 Å². The summed E-state index contributed by atoms with van der Waals surface area (Å²) in [7, 11) is 0. The highest BCUT2D eigenvalue weighted by Crippen LogP contribution is 2.23. The molecule has 0 spiro atoms. The first kappa shape index (κ1) is 14.4. The summed E-state index contributed by atoms with van der Waals surface area (Å²) in [5.74, 6) is -1.52. The minimum absolute atomic E-state index is 0.0394. The van der Waals surface area contributed by atoms with Crippen LogP contribution in [0.3, 0.4) is 0 Å². The normalized spacial score (nSPS) is 10.1. The molecule has 0 aromatic heterocycles. The number of amides is 1. The van der Waals surface area contributed by atoms with Crippen molar-refractivity contribution in [2.24, 2.45) is 5.73 Å². The minimum Gasteiger partial charge on any atom is -0.478 e. The van der Waals surface area contributed by atoms with Gasteiger partial charge in [0, 0.05) is 6.54 Å². The highest BCUT2D eigenvalue weighted by Gasteiger charge is 2.10. The molecule has 0 aliphatic heterocycles. The van der Waals surface area contributed by atoms with Gasteiger partial charge >= 0.3 is 5.97 Å². The van der Waals surface area contributed by atoms with Gasteiger partial charge in [-0.15, -0.1) is 0 Å². The fourth-order valence-electron chi connectivity index (χ4n) is 1.19. The lowest BCUT2D eigenvalue weighted by Crippen LogP contribution is -2.21. The van der Waals surface area contributed by atoms with Crippen molar-refractivity contribution in [3.8, 4) is 0 Å². The number of hydrogen-bond donors (Lipinski definition) is 3. The number of carbonyl (C=O) groups excluding carboxylic acids is 1. The Hall–Kier alpha value is -1.63. The van der Waals surface area contributed by atoms with Crippen LogP contribution in [-0.4, -0.2) is 36.7 Å². The van der Waals surface area contributed by atoms with E-state index in [2.05, 4.69) is 5.32 Å². The minimum atomic E-state index is -1.10. The molecular formula is C11H13ClN2O4. The van der Waals surface area contributed by atoms with Crippen LogP contribution in [0.15, 0.2) is 18.2 Å². The summed E-state index contributed by atoms with van der Waals surface area (Å²) in [6.45, 7) is 0.434. The molecule has 0 bridgehead atoms. The second-order valence-corrected chi connectivity index (χ2v) is 3.80. The van der Waals surface area contributed by atoms with Gasteiger partial charge in [0.25, 0.3) is 0 Å². The second kappa shape index (κ2) is 6.95. The van der Waals surface area contributed by atoms with Crippen molar-refractivity contribution in [1.82, 2.24) is 0 Å². The molecular weight excluding hydrogens is 260 g/mol. The molecule has 1 aromatic carbocycles. The fourth-order valence-corrected chi connectivity index (χ4v) is 1.35. The van der Waals surface area contributed by atoms with E-state index in [1.165, 1.54) is 18.2 Å². The molecule has 0 aliphatic carbocycles. The third-order valence-electron chi connectivity index (χ3n) is 1.98. The molecule has 6 nitrogen and oxygen atoms in total. The van der Waals surface area contributed by atoms with E-state index in [0.29, 0.717) is 6.54 Å². The molecule has 98 valence electrons. The Kier molecular flexibility index (Phi) is 5.57. The number of carbonyl (C=O) groups is 2. The predicted octanol–water partition coefficient (Wildman–Crippen LogP) is 0.952. The quantitative estimate of drug-likeness (QED) is 0.669. The number of carboxylic acid groups (broad SMARTS) is 1. The summed E-state index contributed by atoms with van der Waals surface area (Å²) >= 11 is 5.84. The number of halogens is 1. The predicted molar refractivity (Wildman–Crippen MR) is 66.9 cm³/mol. The fraction of sp³-hybridized carbons (Fsp3) is 0.273. The Bertz CT molecular complexity index is 451. The largest absolute Gasteiger partial charge is 0.478 e. The molecule has 0 radical (unpaired) electrons. The molecule has 18 heavy (non-hydrogen) atoms. The second-order valence-electron chi connectivity index (χ2n) is 3.39. The van der Waals surface area contributed by atoms with Crippen molar-refractivity contribution in [2.45, 2.75) is 0 Å². The van der Waals surface area contributed by atoms with Crippen LogP contribution in [0.1, 0.15) is 10.4 Å². The molecule has 1 aromatic rings. The number of benzene rings is 1. The maximum atomic E-state index is 11.4. The van der Waals surface area contributed by atoms with Crippen LogP contribution >= 0.6 is 11.6 Å². The van der Waals surface area contributed by atoms with Gasteiger partial charge < -0.3 is 20.9 Å². The third-order valence-corrected chi connectivity index (χ3v) is 2.31. The summed E-state index contributed by atoms with van der Waals surface area (Å²) in [6.07, 6.45) is 0. The molecule has 0 heterocycles. The maximum Gasteiger partial charge on any atom is 0.335 e. The first-order valence-electron chi connectivity index (χ1n) is 5.15. The molecule has 0 unspecified atom stereocenters. The van der Waals surface area contributed by atoms with Gasteiger partial charge in [0.05, 0.1) is 22.9 Å². The summed E-state index contributed by atoms with van der Waals surface area (Å²) in [4.78, 5) is 22.2.